The fourth-order valence-corrected chi connectivity index (χ4v) is 2.46. The van der Waals surface area contributed by atoms with Crippen molar-refractivity contribution >= 4 is 16.9 Å². The summed E-state index contributed by atoms with van der Waals surface area (Å²) in [6, 6.07) is 7.96. The minimum Gasteiger partial charge on any atom is -0.372 e. The lowest BCUT2D eigenvalue weighted by molar-refractivity contribution is -0.00545. The van der Waals surface area contributed by atoms with Crippen LogP contribution in [0.25, 0.3) is 11.0 Å². The molecule has 0 radical (unpaired) electrons. The first-order chi connectivity index (χ1) is 8.72. The molecule has 1 aliphatic rings. The second-order valence-corrected chi connectivity index (χ2v) is 4.88. The summed E-state index contributed by atoms with van der Waals surface area (Å²) in [7, 11) is 0. The van der Waals surface area contributed by atoms with Gasteiger partial charge in [-0.05, 0) is 26.0 Å². The standard InChI is InChI=1S/C14H17N3O/c1-10-8-17(9-11(2)18-10)14-7-15-12-5-3-4-6-13(12)16-14/h3-7,10-11H,8-9H2,1-2H3/t10-,11-/m0/s1. The number of hydrogen-bond acceptors (Lipinski definition) is 4. The van der Waals surface area contributed by atoms with Gasteiger partial charge in [0, 0.05) is 13.1 Å². The molecule has 4 nitrogen and oxygen atoms in total. The van der Waals surface area contributed by atoms with E-state index in [1.807, 2.05) is 30.5 Å². The first-order valence-electron chi connectivity index (χ1n) is 6.34. The van der Waals surface area contributed by atoms with Gasteiger partial charge in [-0.25, -0.2) is 4.98 Å². The van der Waals surface area contributed by atoms with Gasteiger partial charge in [0.1, 0.15) is 5.82 Å². The highest BCUT2D eigenvalue weighted by Gasteiger charge is 2.23. The van der Waals surface area contributed by atoms with Crippen LogP contribution in [-0.2, 0) is 4.74 Å². The summed E-state index contributed by atoms with van der Waals surface area (Å²) >= 11 is 0. The second kappa shape index (κ2) is 4.53. The number of hydrogen-bond donors (Lipinski definition) is 0. The molecule has 0 saturated carbocycles. The van der Waals surface area contributed by atoms with Crippen LogP contribution in [0.5, 0.6) is 0 Å². The fourth-order valence-electron chi connectivity index (χ4n) is 2.46. The Morgan fingerprint density at radius 3 is 2.50 bits per heavy atom. The van der Waals surface area contributed by atoms with E-state index in [0.717, 1.165) is 29.9 Å². The van der Waals surface area contributed by atoms with E-state index < -0.39 is 0 Å². The normalized spacial score (nSPS) is 24.4. The SMILES string of the molecule is C[C@H]1CN(c2cnc3ccccc3n2)C[C@H](C)O1. The van der Waals surface area contributed by atoms with Gasteiger partial charge >= 0.3 is 0 Å². The van der Waals surface area contributed by atoms with Crippen LogP contribution < -0.4 is 4.90 Å². The molecule has 1 aromatic carbocycles. The topological polar surface area (TPSA) is 38.2 Å². The van der Waals surface area contributed by atoms with E-state index in [0.29, 0.717) is 0 Å². The molecule has 0 aliphatic carbocycles. The van der Waals surface area contributed by atoms with Crippen LogP contribution in [-0.4, -0.2) is 35.3 Å². The van der Waals surface area contributed by atoms with Crippen molar-refractivity contribution in [3.8, 4) is 0 Å². The van der Waals surface area contributed by atoms with Gasteiger partial charge < -0.3 is 9.64 Å². The first-order valence-corrected chi connectivity index (χ1v) is 6.34. The zero-order valence-corrected chi connectivity index (χ0v) is 10.7. The first kappa shape index (κ1) is 11.4. The maximum Gasteiger partial charge on any atom is 0.148 e. The van der Waals surface area contributed by atoms with Crippen molar-refractivity contribution in [2.75, 3.05) is 18.0 Å². The molecule has 1 saturated heterocycles. The maximum absolute atomic E-state index is 5.74. The quantitative estimate of drug-likeness (QED) is 0.770. The highest BCUT2D eigenvalue weighted by Crippen LogP contribution is 2.19. The molecule has 0 unspecified atom stereocenters. The average Bonchev–Trinajstić information content (AvgIpc) is 2.37. The molecule has 1 aromatic heterocycles. The molecule has 1 aliphatic heterocycles. The molecule has 2 atom stereocenters. The van der Waals surface area contributed by atoms with Crippen molar-refractivity contribution < 1.29 is 4.74 Å². The third-order valence-electron chi connectivity index (χ3n) is 3.18. The van der Waals surface area contributed by atoms with E-state index in [1.165, 1.54) is 0 Å². The summed E-state index contributed by atoms with van der Waals surface area (Å²) in [6.07, 6.45) is 2.33. The second-order valence-electron chi connectivity index (χ2n) is 4.88. The van der Waals surface area contributed by atoms with Gasteiger partial charge in [-0.2, -0.15) is 0 Å². The smallest absolute Gasteiger partial charge is 0.148 e. The average molecular weight is 243 g/mol. The highest BCUT2D eigenvalue weighted by molar-refractivity contribution is 5.75. The molecule has 0 bridgehead atoms. The summed E-state index contributed by atoms with van der Waals surface area (Å²) in [6.45, 7) is 5.93. The molecular weight excluding hydrogens is 226 g/mol. The predicted octanol–water partition coefficient (Wildman–Crippen LogP) is 2.24. The van der Waals surface area contributed by atoms with Crippen LogP contribution in [0.15, 0.2) is 30.5 Å². The van der Waals surface area contributed by atoms with Crippen molar-refractivity contribution in [1.82, 2.24) is 9.97 Å². The minimum atomic E-state index is 0.238. The Morgan fingerprint density at radius 1 is 1.11 bits per heavy atom. The van der Waals surface area contributed by atoms with Crippen molar-refractivity contribution in [3.63, 3.8) is 0 Å². The van der Waals surface area contributed by atoms with Crippen molar-refractivity contribution in [1.29, 1.82) is 0 Å². The van der Waals surface area contributed by atoms with Crippen LogP contribution >= 0.6 is 0 Å². The minimum absolute atomic E-state index is 0.238. The van der Waals surface area contributed by atoms with Gasteiger partial charge in [0.25, 0.3) is 0 Å². The molecule has 0 N–H and O–H groups in total. The third kappa shape index (κ3) is 2.16. The number of morpholine rings is 1. The molecular formula is C14H17N3O. The zero-order chi connectivity index (χ0) is 12.5. The number of nitrogens with zero attached hydrogens (tertiary/aromatic N) is 3. The number of aromatic nitrogens is 2. The Labute approximate surface area is 107 Å². The summed E-state index contributed by atoms with van der Waals surface area (Å²) < 4.78 is 5.74. The molecule has 94 valence electrons. The Kier molecular flexibility index (Phi) is 2.88. The largest absolute Gasteiger partial charge is 0.372 e. The maximum atomic E-state index is 5.74. The summed E-state index contributed by atoms with van der Waals surface area (Å²) in [5.74, 6) is 0.940. The van der Waals surface area contributed by atoms with E-state index in [2.05, 4.69) is 28.7 Å². The molecule has 1 fully saturated rings. The molecule has 18 heavy (non-hydrogen) atoms. The molecule has 4 heteroatoms. The van der Waals surface area contributed by atoms with E-state index in [9.17, 15) is 0 Å². The van der Waals surface area contributed by atoms with Crippen LogP contribution in [0.1, 0.15) is 13.8 Å². The summed E-state index contributed by atoms with van der Waals surface area (Å²) in [4.78, 5) is 11.4. The van der Waals surface area contributed by atoms with Crippen LogP contribution in [0, 0.1) is 0 Å². The molecule has 2 aromatic rings. The van der Waals surface area contributed by atoms with Gasteiger partial charge in [-0.15, -0.1) is 0 Å². The molecule has 0 amide bonds. The summed E-state index contributed by atoms with van der Waals surface area (Å²) in [5.41, 5.74) is 1.89. The lowest BCUT2D eigenvalue weighted by Crippen LogP contribution is -2.45. The number of rotatable bonds is 1. The van der Waals surface area contributed by atoms with Crippen LogP contribution in [0.2, 0.25) is 0 Å². The lowest BCUT2D eigenvalue weighted by atomic mass is 10.2. The Morgan fingerprint density at radius 2 is 1.78 bits per heavy atom. The highest BCUT2D eigenvalue weighted by atomic mass is 16.5. The van der Waals surface area contributed by atoms with Crippen molar-refractivity contribution in [2.24, 2.45) is 0 Å². The van der Waals surface area contributed by atoms with Gasteiger partial charge in [0.15, 0.2) is 0 Å². The predicted molar refractivity (Wildman–Crippen MR) is 71.8 cm³/mol. The van der Waals surface area contributed by atoms with Gasteiger partial charge in [0.2, 0.25) is 0 Å². The third-order valence-corrected chi connectivity index (χ3v) is 3.18. The lowest BCUT2D eigenvalue weighted by Gasteiger charge is -2.35. The Hall–Kier alpha value is -1.68. The van der Waals surface area contributed by atoms with E-state index >= 15 is 0 Å². The molecule has 0 spiro atoms. The summed E-state index contributed by atoms with van der Waals surface area (Å²) in [5, 5.41) is 0. The van der Waals surface area contributed by atoms with Crippen molar-refractivity contribution in [2.45, 2.75) is 26.1 Å². The van der Waals surface area contributed by atoms with Crippen LogP contribution in [0.4, 0.5) is 5.82 Å². The number of ether oxygens (including phenoxy) is 1. The van der Waals surface area contributed by atoms with E-state index in [1.54, 1.807) is 0 Å². The van der Waals surface area contributed by atoms with Crippen molar-refractivity contribution in [3.05, 3.63) is 30.5 Å². The number of benzene rings is 1. The number of fused-ring (bicyclic) bond motifs is 1. The number of anilines is 1. The number of para-hydroxylation sites is 2. The monoisotopic (exact) mass is 243 g/mol. The molecule has 3 rings (SSSR count). The zero-order valence-electron chi connectivity index (χ0n) is 10.7. The Balaban J connectivity index is 1.93. The fraction of sp³-hybridized carbons (Fsp3) is 0.429. The molecule has 2 heterocycles. The van der Waals surface area contributed by atoms with Gasteiger partial charge in [-0.3, -0.25) is 4.98 Å². The van der Waals surface area contributed by atoms with E-state index in [-0.39, 0.29) is 12.2 Å². The van der Waals surface area contributed by atoms with Gasteiger partial charge in [-0.1, -0.05) is 12.1 Å². The van der Waals surface area contributed by atoms with E-state index in [4.69, 9.17) is 4.74 Å². The Bertz CT molecular complexity index is 547. The van der Waals surface area contributed by atoms with Gasteiger partial charge in [0.05, 0.1) is 29.4 Å². The van der Waals surface area contributed by atoms with Crippen LogP contribution in [0.3, 0.4) is 0 Å².